The van der Waals surface area contributed by atoms with E-state index in [4.69, 9.17) is 0 Å². The van der Waals surface area contributed by atoms with E-state index >= 15 is 0 Å². The zero-order valence-electron chi connectivity index (χ0n) is 14.5. The predicted octanol–water partition coefficient (Wildman–Crippen LogP) is 3.51. The number of nitrogens with zero attached hydrogens (tertiary/aromatic N) is 4. The average molecular weight is 409 g/mol. The first-order valence-corrected chi connectivity index (χ1v) is 8.88. The van der Waals surface area contributed by atoms with Crippen LogP contribution in [0.1, 0.15) is 0 Å². The molecule has 11 heteroatoms. The Morgan fingerprint density at radius 2 is 1.82 bits per heavy atom. The minimum Gasteiger partial charge on any atom is -0.406 e. The number of amides is 1. The number of pyridine rings is 1. The summed E-state index contributed by atoms with van der Waals surface area (Å²) in [6.45, 7) is 0. The fourth-order valence-corrected chi connectivity index (χ4v) is 2.97. The van der Waals surface area contributed by atoms with Gasteiger partial charge in [0.15, 0.2) is 11.0 Å². The van der Waals surface area contributed by atoms with Crippen molar-refractivity contribution in [3.63, 3.8) is 0 Å². The number of benzene rings is 1. The lowest BCUT2D eigenvalue weighted by atomic mass is 10.2. The second-order valence-corrected chi connectivity index (χ2v) is 6.45. The van der Waals surface area contributed by atoms with Crippen LogP contribution in [0.25, 0.3) is 11.4 Å². The number of hydrogen-bond donors (Lipinski definition) is 1. The molecule has 1 aromatic carbocycles. The molecule has 2 heterocycles. The van der Waals surface area contributed by atoms with Crippen molar-refractivity contribution in [3.8, 4) is 17.1 Å². The zero-order chi connectivity index (χ0) is 20.1. The Kier molecular flexibility index (Phi) is 5.83. The topological polar surface area (TPSA) is 81.9 Å². The molecular formula is C17H14F3N5O2S. The third kappa shape index (κ3) is 5.22. The van der Waals surface area contributed by atoms with Gasteiger partial charge in [-0.05, 0) is 36.4 Å². The van der Waals surface area contributed by atoms with Crippen LogP contribution < -0.4 is 10.1 Å². The summed E-state index contributed by atoms with van der Waals surface area (Å²) in [5, 5.41) is 11.3. The van der Waals surface area contributed by atoms with E-state index < -0.39 is 6.36 Å². The van der Waals surface area contributed by atoms with Crippen molar-refractivity contribution < 1.29 is 22.7 Å². The van der Waals surface area contributed by atoms with Crippen LogP contribution in [0.15, 0.2) is 53.9 Å². The number of rotatable bonds is 6. The highest BCUT2D eigenvalue weighted by atomic mass is 32.2. The molecule has 3 aromatic rings. The normalized spacial score (nSPS) is 11.3. The summed E-state index contributed by atoms with van der Waals surface area (Å²) in [7, 11) is 1.79. The van der Waals surface area contributed by atoms with Gasteiger partial charge < -0.3 is 14.6 Å². The molecule has 0 aliphatic carbocycles. The van der Waals surface area contributed by atoms with Crippen LogP contribution in [0.2, 0.25) is 0 Å². The smallest absolute Gasteiger partial charge is 0.406 e. The van der Waals surface area contributed by atoms with Crippen LogP contribution in [0.4, 0.5) is 18.9 Å². The first kappa shape index (κ1) is 19.7. The van der Waals surface area contributed by atoms with Gasteiger partial charge in [0.25, 0.3) is 0 Å². The van der Waals surface area contributed by atoms with E-state index in [1.54, 1.807) is 36.1 Å². The van der Waals surface area contributed by atoms with E-state index in [1.165, 1.54) is 23.9 Å². The number of carbonyl (C=O) groups excluding carboxylic acids is 1. The van der Waals surface area contributed by atoms with Gasteiger partial charge in [-0.15, -0.1) is 23.4 Å². The molecule has 146 valence electrons. The third-order valence-corrected chi connectivity index (χ3v) is 4.50. The van der Waals surface area contributed by atoms with Crippen molar-refractivity contribution >= 4 is 23.4 Å². The minimum atomic E-state index is -4.76. The fourth-order valence-electron chi connectivity index (χ4n) is 2.26. The molecule has 1 amide bonds. The lowest BCUT2D eigenvalue weighted by Gasteiger charge is -2.10. The summed E-state index contributed by atoms with van der Waals surface area (Å²) in [6.07, 6.45) is -1.46. The Bertz CT molecular complexity index is 946. The van der Waals surface area contributed by atoms with Crippen LogP contribution >= 0.6 is 11.8 Å². The monoisotopic (exact) mass is 409 g/mol. The molecule has 0 fully saturated rings. The van der Waals surface area contributed by atoms with Crippen LogP contribution in [-0.4, -0.2) is 37.8 Å². The second kappa shape index (κ2) is 8.30. The van der Waals surface area contributed by atoms with E-state index in [1.807, 2.05) is 0 Å². The number of alkyl halides is 3. The van der Waals surface area contributed by atoms with Crippen molar-refractivity contribution in [2.75, 3.05) is 11.1 Å². The van der Waals surface area contributed by atoms with Gasteiger partial charge >= 0.3 is 6.36 Å². The standard InChI is InChI=1S/C17H14F3N5O2S/c1-25-15(11-6-8-21-9-7-11)23-24-16(25)28-10-14(26)22-12-2-4-13(5-3-12)27-17(18,19)20/h2-9H,10H2,1H3,(H,22,26). The maximum Gasteiger partial charge on any atom is 0.573 e. The Labute approximate surface area is 161 Å². The van der Waals surface area contributed by atoms with Gasteiger partial charge in [0.05, 0.1) is 5.75 Å². The highest BCUT2D eigenvalue weighted by molar-refractivity contribution is 7.99. The molecule has 0 spiro atoms. The molecule has 0 radical (unpaired) electrons. The Balaban J connectivity index is 1.56. The van der Waals surface area contributed by atoms with Crippen molar-refractivity contribution in [3.05, 3.63) is 48.8 Å². The molecule has 0 saturated carbocycles. The number of carbonyl (C=O) groups is 1. The number of halogens is 3. The minimum absolute atomic E-state index is 0.0587. The molecule has 28 heavy (non-hydrogen) atoms. The van der Waals surface area contributed by atoms with Crippen molar-refractivity contribution in [1.82, 2.24) is 19.7 Å². The molecule has 0 unspecified atom stereocenters. The van der Waals surface area contributed by atoms with E-state index in [2.05, 4.69) is 25.2 Å². The molecule has 1 N–H and O–H groups in total. The number of anilines is 1. The molecule has 0 atom stereocenters. The molecular weight excluding hydrogens is 395 g/mol. The lowest BCUT2D eigenvalue weighted by Crippen LogP contribution is -2.17. The van der Waals surface area contributed by atoms with Crippen molar-refractivity contribution in [1.29, 1.82) is 0 Å². The van der Waals surface area contributed by atoms with Gasteiger partial charge in [-0.25, -0.2) is 0 Å². The highest BCUT2D eigenvalue weighted by Gasteiger charge is 2.30. The second-order valence-electron chi connectivity index (χ2n) is 5.51. The Hall–Kier alpha value is -3.08. The summed E-state index contributed by atoms with van der Waals surface area (Å²) in [4.78, 5) is 16.0. The number of aromatic nitrogens is 4. The highest BCUT2D eigenvalue weighted by Crippen LogP contribution is 2.25. The summed E-state index contributed by atoms with van der Waals surface area (Å²) in [5.41, 5.74) is 1.21. The fraction of sp³-hybridized carbons (Fsp3) is 0.176. The quantitative estimate of drug-likeness (QED) is 0.628. The van der Waals surface area contributed by atoms with E-state index in [0.29, 0.717) is 16.7 Å². The van der Waals surface area contributed by atoms with Gasteiger partial charge in [-0.2, -0.15) is 0 Å². The molecule has 3 rings (SSSR count). The van der Waals surface area contributed by atoms with Crippen LogP contribution in [0.5, 0.6) is 5.75 Å². The number of ether oxygens (including phenoxy) is 1. The third-order valence-electron chi connectivity index (χ3n) is 3.48. The number of nitrogens with one attached hydrogen (secondary N) is 1. The SMILES string of the molecule is Cn1c(SCC(=O)Nc2ccc(OC(F)(F)F)cc2)nnc1-c1ccncc1. The number of hydrogen-bond acceptors (Lipinski definition) is 6. The summed E-state index contributed by atoms with van der Waals surface area (Å²) in [5.74, 6) is 0.0134. The van der Waals surface area contributed by atoms with E-state index in [-0.39, 0.29) is 17.4 Å². The first-order valence-electron chi connectivity index (χ1n) is 7.90. The first-order chi connectivity index (χ1) is 13.3. The van der Waals surface area contributed by atoms with Gasteiger partial charge in [0.2, 0.25) is 5.91 Å². The Morgan fingerprint density at radius 1 is 1.14 bits per heavy atom. The van der Waals surface area contributed by atoms with E-state index in [9.17, 15) is 18.0 Å². The van der Waals surface area contributed by atoms with Crippen LogP contribution in [0.3, 0.4) is 0 Å². The van der Waals surface area contributed by atoms with Crippen LogP contribution in [-0.2, 0) is 11.8 Å². The molecule has 2 aromatic heterocycles. The summed E-state index contributed by atoms with van der Waals surface area (Å²) in [6, 6.07) is 8.51. The summed E-state index contributed by atoms with van der Waals surface area (Å²) >= 11 is 1.19. The largest absolute Gasteiger partial charge is 0.573 e. The maximum absolute atomic E-state index is 12.1. The Morgan fingerprint density at radius 3 is 2.46 bits per heavy atom. The number of thioether (sulfide) groups is 1. The zero-order valence-corrected chi connectivity index (χ0v) is 15.3. The maximum atomic E-state index is 12.1. The molecule has 7 nitrogen and oxygen atoms in total. The average Bonchev–Trinajstić information content (AvgIpc) is 3.02. The van der Waals surface area contributed by atoms with Crippen LogP contribution in [0, 0.1) is 0 Å². The molecule has 0 bridgehead atoms. The van der Waals surface area contributed by atoms with Gasteiger partial charge in [0, 0.05) is 30.7 Å². The van der Waals surface area contributed by atoms with Gasteiger partial charge in [-0.3, -0.25) is 9.78 Å². The van der Waals surface area contributed by atoms with Crippen molar-refractivity contribution in [2.24, 2.45) is 7.05 Å². The predicted molar refractivity (Wildman–Crippen MR) is 96.7 cm³/mol. The van der Waals surface area contributed by atoms with Gasteiger partial charge in [0.1, 0.15) is 5.75 Å². The lowest BCUT2D eigenvalue weighted by molar-refractivity contribution is -0.274. The van der Waals surface area contributed by atoms with E-state index in [0.717, 1.165) is 17.7 Å². The molecule has 0 aliphatic rings. The molecule has 0 saturated heterocycles. The molecule has 0 aliphatic heterocycles. The van der Waals surface area contributed by atoms with Crippen molar-refractivity contribution in [2.45, 2.75) is 11.5 Å². The van der Waals surface area contributed by atoms with Gasteiger partial charge in [-0.1, -0.05) is 11.8 Å². The summed E-state index contributed by atoms with van der Waals surface area (Å²) < 4.78 is 42.0.